The van der Waals surface area contributed by atoms with Gasteiger partial charge in [0.25, 0.3) is 5.91 Å². The van der Waals surface area contributed by atoms with Crippen molar-refractivity contribution in [3.8, 4) is 5.69 Å². The lowest BCUT2D eigenvalue weighted by Gasteiger charge is -2.20. The molecule has 22 heavy (non-hydrogen) atoms. The number of benzene rings is 1. The molecule has 0 aliphatic rings. The molecule has 0 saturated carbocycles. The molecule has 0 aliphatic carbocycles. The van der Waals surface area contributed by atoms with E-state index >= 15 is 0 Å². The van der Waals surface area contributed by atoms with Crippen LogP contribution in [0, 0.1) is 5.82 Å². The number of amides is 1. The molecule has 1 heterocycles. The summed E-state index contributed by atoms with van der Waals surface area (Å²) in [6, 6.07) is 6.12. The lowest BCUT2D eigenvalue weighted by atomic mass is 10.0. The van der Waals surface area contributed by atoms with Gasteiger partial charge in [-0.3, -0.25) is 4.79 Å². The Balaban J connectivity index is 2.50. The molecule has 2 aromatic rings. The van der Waals surface area contributed by atoms with E-state index in [0.717, 1.165) is 11.4 Å². The SMILES string of the molecule is CCN(CC)C(=O)c1cnn(-c2ccc(F)cc2)c1C(C)C. The zero-order valence-corrected chi connectivity index (χ0v) is 13.5. The van der Waals surface area contributed by atoms with E-state index in [1.165, 1.54) is 12.1 Å². The summed E-state index contributed by atoms with van der Waals surface area (Å²) in [6.07, 6.45) is 1.61. The van der Waals surface area contributed by atoms with Gasteiger partial charge in [-0.1, -0.05) is 13.8 Å². The molecule has 0 atom stereocenters. The largest absolute Gasteiger partial charge is 0.339 e. The van der Waals surface area contributed by atoms with E-state index in [2.05, 4.69) is 5.10 Å². The second-order valence-electron chi connectivity index (χ2n) is 5.46. The van der Waals surface area contributed by atoms with Crippen molar-refractivity contribution in [3.63, 3.8) is 0 Å². The topological polar surface area (TPSA) is 38.1 Å². The first-order valence-corrected chi connectivity index (χ1v) is 7.62. The summed E-state index contributed by atoms with van der Waals surface area (Å²) in [5, 5.41) is 4.36. The zero-order valence-electron chi connectivity index (χ0n) is 13.5. The Morgan fingerprint density at radius 3 is 2.32 bits per heavy atom. The van der Waals surface area contributed by atoms with E-state index in [9.17, 15) is 9.18 Å². The van der Waals surface area contributed by atoms with Gasteiger partial charge in [-0.25, -0.2) is 9.07 Å². The van der Waals surface area contributed by atoms with Gasteiger partial charge < -0.3 is 4.90 Å². The van der Waals surface area contributed by atoms with Crippen LogP contribution in [0.3, 0.4) is 0 Å². The molecule has 0 fully saturated rings. The van der Waals surface area contributed by atoms with Crippen LogP contribution < -0.4 is 0 Å². The number of carbonyl (C=O) groups is 1. The van der Waals surface area contributed by atoms with Gasteiger partial charge in [0.2, 0.25) is 0 Å². The summed E-state index contributed by atoms with van der Waals surface area (Å²) < 4.78 is 14.8. The predicted molar refractivity (Wildman–Crippen MR) is 84.9 cm³/mol. The highest BCUT2D eigenvalue weighted by Gasteiger charge is 2.23. The van der Waals surface area contributed by atoms with Gasteiger partial charge in [-0.05, 0) is 44.0 Å². The highest BCUT2D eigenvalue weighted by atomic mass is 19.1. The van der Waals surface area contributed by atoms with Crippen LogP contribution in [0.25, 0.3) is 5.69 Å². The van der Waals surface area contributed by atoms with Crippen LogP contribution in [-0.4, -0.2) is 33.7 Å². The van der Waals surface area contributed by atoms with Crippen molar-refractivity contribution >= 4 is 5.91 Å². The molecule has 5 heteroatoms. The average molecular weight is 303 g/mol. The molecule has 0 saturated heterocycles. The Bertz CT molecular complexity index is 642. The summed E-state index contributed by atoms with van der Waals surface area (Å²) in [5.74, 6) is -0.175. The molecule has 0 spiro atoms. The number of aromatic nitrogens is 2. The van der Waals surface area contributed by atoms with Gasteiger partial charge in [0.15, 0.2) is 0 Å². The molecule has 1 aromatic carbocycles. The maximum atomic E-state index is 13.1. The van der Waals surface area contributed by atoms with E-state index in [4.69, 9.17) is 0 Å². The summed E-state index contributed by atoms with van der Waals surface area (Å²) in [5.41, 5.74) is 2.22. The molecular weight excluding hydrogens is 281 g/mol. The lowest BCUT2D eigenvalue weighted by molar-refractivity contribution is 0.0771. The second kappa shape index (κ2) is 6.73. The molecule has 2 rings (SSSR count). The lowest BCUT2D eigenvalue weighted by Crippen LogP contribution is -2.31. The highest BCUT2D eigenvalue weighted by molar-refractivity contribution is 5.95. The van der Waals surface area contributed by atoms with Crippen molar-refractivity contribution in [3.05, 3.63) is 47.5 Å². The van der Waals surface area contributed by atoms with Crippen LogP contribution in [0.15, 0.2) is 30.5 Å². The third-order valence-corrected chi connectivity index (χ3v) is 3.71. The van der Waals surface area contributed by atoms with Crippen LogP contribution >= 0.6 is 0 Å². The quantitative estimate of drug-likeness (QED) is 0.846. The molecule has 4 nitrogen and oxygen atoms in total. The van der Waals surface area contributed by atoms with Crippen molar-refractivity contribution < 1.29 is 9.18 Å². The summed E-state index contributed by atoms with van der Waals surface area (Å²) in [6.45, 7) is 9.29. The van der Waals surface area contributed by atoms with Crippen LogP contribution in [0.4, 0.5) is 4.39 Å². The standard InChI is InChI=1S/C17H22FN3O/c1-5-20(6-2)17(22)15-11-19-21(16(15)12(3)4)14-9-7-13(18)8-10-14/h7-12H,5-6H2,1-4H3. The first-order chi connectivity index (χ1) is 10.5. The number of nitrogens with zero attached hydrogens (tertiary/aromatic N) is 3. The fraction of sp³-hybridized carbons (Fsp3) is 0.412. The third-order valence-electron chi connectivity index (χ3n) is 3.71. The molecule has 0 unspecified atom stereocenters. The van der Waals surface area contributed by atoms with Gasteiger partial charge >= 0.3 is 0 Å². The van der Waals surface area contributed by atoms with Crippen LogP contribution in [0.5, 0.6) is 0 Å². The van der Waals surface area contributed by atoms with Gasteiger partial charge in [-0.15, -0.1) is 0 Å². The fourth-order valence-corrected chi connectivity index (χ4v) is 2.55. The summed E-state index contributed by atoms with van der Waals surface area (Å²) in [7, 11) is 0. The van der Waals surface area contributed by atoms with Crippen molar-refractivity contribution in [2.24, 2.45) is 0 Å². The van der Waals surface area contributed by atoms with Crippen LogP contribution in [-0.2, 0) is 0 Å². The molecular formula is C17H22FN3O. The molecule has 0 N–H and O–H groups in total. The van der Waals surface area contributed by atoms with E-state index in [-0.39, 0.29) is 17.6 Å². The third kappa shape index (κ3) is 3.03. The first-order valence-electron chi connectivity index (χ1n) is 7.62. The van der Waals surface area contributed by atoms with E-state index < -0.39 is 0 Å². The van der Waals surface area contributed by atoms with E-state index in [1.807, 2.05) is 27.7 Å². The minimum absolute atomic E-state index is 0.0120. The number of hydrogen-bond acceptors (Lipinski definition) is 2. The predicted octanol–water partition coefficient (Wildman–Crippen LogP) is 3.62. The number of rotatable bonds is 5. The Labute approximate surface area is 130 Å². The van der Waals surface area contributed by atoms with E-state index in [1.54, 1.807) is 27.9 Å². The zero-order chi connectivity index (χ0) is 16.3. The maximum Gasteiger partial charge on any atom is 0.257 e. The molecule has 0 bridgehead atoms. The molecule has 1 aromatic heterocycles. The number of hydrogen-bond donors (Lipinski definition) is 0. The minimum Gasteiger partial charge on any atom is -0.339 e. The number of halogens is 1. The van der Waals surface area contributed by atoms with Crippen molar-refractivity contribution in [1.29, 1.82) is 0 Å². The highest BCUT2D eigenvalue weighted by Crippen LogP contribution is 2.24. The van der Waals surface area contributed by atoms with Crippen molar-refractivity contribution in [1.82, 2.24) is 14.7 Å². The van der Waals surface area contributed by atoms with Crippen molar-refractivity contribution in [2.75, 3.05) is 13.1 Å². The number of carbonyl (C=O) groups excluding carboxylic acids is 1. The monoisotopic (exact) mass is 303 g/mol. The Kier molecular flexibility index (Phi) is 4.96. The van der Waals surface area contributed by atoms with Crippen LogP contribution in [0.1, 0.15) is 49.7 Å². The van der Waals surface area contributed by atoms with E-state index in [0.29, 0.717) is 18.7 Å². The Morgan fingerprint density at radius 2 is 1.82 bits per heavy atom. The first kappa shape index (κ1) is 16.2. The fourth-order valence-electron chi connectivity index (χ4n) is 2.55. The Morgan fingerprint density at radius 1 is 1.23 bits per heavy atom. The van der Waals surface area contributed by atoms with Gasteiger partial charge in [-0.2, -0.15) is 5.10 Å². The average Bonchev–Trinajstić information content (AvgIpc) is 2.94. The molecule has 118 valence electrons. The summed E-state index contributed by atoms with van der Waals surface area (Å²) in [4.78, 5) is 14.4. The van der Waals surface area contributed by atoms with Gasteiger partial charge in [0.1, 0.15) is 5.82 Å². The smallest absolute Gasteiger partial charge is 0.257 e. The summed E-state index contributed by atoms with van der Waals surface area (Å²) >= 11 is 0. The normalized spacial score (nSPS) is 11.0. The van der Waals surface area contributed by atoms with Crippen LogP contribution in [0.2, 0.25) is 0 Å². The van der Waals surface area contributed by atoms with Crippen molar-refractivity contribution in [2.45, 2.75) is 33.6 Å². The Hall–Kier alpha value is -2.17. The maximum absolute atomic E-state index is 13.1. The second-order valence-corrected chi connectivity index (χ2v) is 5.46. The van der Waals surface area contributed by atoms with Gasteiger partial charge in [0, 0.05) is 13.1 Å². The molecule has 1 amide bonds. The molecule has 0 radical (unpaired) electrons. The van der Waals surface area contributed by atoms with Gasteiger partial charge in [0.05, 0.1) is 23.1 Å². The minimum atomic E-state index is -0.290. The molecule has 0 aliphatic heterocycles.